The topological polar surface area (TPSA) is 82.0 Å². The van der Waals surface area contributed by atoms with E-state index in [0.29, 0.717) is 12.3 Å². The summed E-state index contributed by atoms with van der Waals surface area (Å²) >= 11 is 1.17. The quantitative estimate of drug-likeness (QED) is 0.370. The highest BCUT2D eigenvalue weighted by molar-refractivity contribution is 8.14. The Bertz CT molecular complexity index is 626. The van der Waals surface area contributed by atoms with Crippen molar-refractivity contribution in [2.75, 3.05) is 0 Å². The maximum absolute atomic E-state index is 8.99. The minimum absolute atomic E-state index is 0.125. The molecule has 1 aromatic rings. The van der Waals surface area contributed by atoms with E-state index in [1.54, 1.807) is 12.2 Å². The van der Waals surface area contributed by atoms with Crippen LogP contribution in [-0.2, 0) is 11.3 Å². The Morgan fingerprint density at radius 2 is 2.00 bits per heavy atom. The first-order chi connectivity index (χ1) is 9.83. The van der Waals surface area contributed by atoms with Gasteiger partial charge >= 0.3 is 10.9 Å². The van der Waals surface area contributed by atoms with Crippen molar-refractivity contribution in [3.8, 4) is 0 Å². The highest BCUT2D eigenvalue weighted by atomic mass is 32.2. The van der Waals surface area contributed by atoms with Crippen molar-refractivity contribution in [3.63, 3.8) is 0 Å². The maximum Gasteiger partial charge on any atom is 0.514 e. The Hall–Kier alpha value is -2.39. The van der Waals surface area contributed by atoms with Gasteiger partial charge in [0.2, 0.25) is 0 Å². The fraction of sp³-hybridized carbons (Fsp3) is 0.143. The Morgan fingerprint density at radius 3 is 2.70 bits per heavy atom. The summed E-state index contributed by atoms with van der Waals surface area (Å²) in [5.41, 5.74) is 19.3. The van der Waals surface area contributed by atoms with Crippen molar-refractivity contribution in [1.82, 2.24) is 0 Å². The molecule has 0 saturated heterocycles. The smallest absolute Gasteiger partial charge is 0.422 e. The summed E-state index contributed by atoms with van der Waals surface area (Å²) in [6.07, 6.45) is 7.12. The van der Waals surface area contributed by atoms with Crippen LogP contribution in [0.2, 0.25) is 0 Å². The van der Waals surface area contributed by atoms with E-state index in [1.165, 1.54) is 11.8 Å². The molecule has 0 fully saturated rings. The first-order valence-electron chi connectivity index (χ1n) is 5.95. The highest BCUT2D eigenvalue weighted by Gasteiger charge is 2.28. The number of hydrogen-bond acceptors (Lipinski definition) is 2. The number of allylic oxidation sites excluding steroid dienone is 3. The lowest BCUT2D eigenvalue weighted by Crippen LogP contribution is -2.19. The van der Waals surface area contributed by atoms with Gasteiger partial charge < -0.3 is 15.8 Å². The summed E-state index contributed by atoms with van der Waals surface area (Å²) in [6, 6.07) is 9.58. The van der Waals surface area contributed by atoms with Gasteiger partial charge in [-0.05, 0) is 5.56 Å². The Morgan fingerprint density at radius 1 is 1.20 bits per heavy atom. The van der Waals surface area contributed by atoms with E-state index in [0.717, 1.165) is 5.56 Å². The van der Waals surface area contributed by atoms with Crippen molar-refractivity contribution in [2.45, 2.75) is 11.9 Å². The summed E-state index contributed by atoms with van der Waals surface area (Å²) < 4.78 is 5.44. The van der Waals surface area contributed by atoms with Crippen LogP contribution < -0.4 is 0 Å². The van der Waals surface area contributed by atoms with Crippen LogP contribution in [0.3, 0.4) is 0 Å². The molecule has 0 bridgehead atoms. The van der Waals surface area contributed by atoms with Gasteiger partial charge in [-0.1, -0.05) is 48.6 Å². The largest absolute Gasteiger partial charge is 0.514 e. The maximum atomic E-state index is 8.99. The third-order valence-electron chi connectivity index (χ3n) is 2.59. The molecule has 0 radical (unpaired) electrons. The van der Waals surface area contributed by atoms with E-state index < -0.39 is 0 Å². The van der Waals surface area contributed by atoms with Crippen LogP contribution in [0.5, 0.6) is 0 Å². The van der Waals surface area contributed by atoms with Crippen molar-refractivity contribution in [3.05, 3.63) is 71.3 Å². The van der Waals surface area contributed by atoms with Crippen LogP contribution in [0, 0.1) is 0 Å². The predicted octanol–water partition coefficient (Wildman–Crippen LogP) is 2.69. The number of hydrogen-bond donors (Lipinski definition) is 0. The molecule has 0 N–H and O–H groups in total. The third kappa shape index (κ3) is 3.80. The molecule has 1 unspecified atom stereocenters. The van der Waals surface area contributed by atoms with Gasteiger partial charge in [0.1, 0.15) is 11.9 Å². The molecule has 1 aromatic carbocycles. The van der Waals surface area contributed by atoms with Gasteiger partial charge in [0.15, 0.2) is 0 Å². The number of thioether (sulfide) groups is 1. The second-order valence-corrected chi connectivity index (χ2v) is 5.04. The Labute approximate surface area is 120 Å². The van der Waals surface area contributed by atoms with Crippen LogP contribution in [0.1, 0.15) is 5.56 Å². The lowest BCUT2D eigenvalue weighted by atomic mass is 10.1. The molecule has 2 rings (SSSR count). The second-order valence-electron chi connectivity index (χ2n) is 3.95. The van der Waals surface area contributed by atoms with Gasteiger partial charge in [-0.3, -0.25) is 0 Å². The third-order valence-corrected chi connectivity index (χ3v) is 3.64. The molecule has 0 saturated carbocycles. The normalized spacial score (nSPS) is 16.4. The van der Waals surface area contributed by atoms with E-state index in [9.17, 15) is 0 Å². The zero-order valence-electron chi connectivity index (χ0n) is 10.6. The van der Waals surface area contributed by atoms with E-state index in [2.05, 4.69) is 9.58 Å². The Balaban J connectivity index is 1.97. The molecule has 100 valence electrons. The molecule has 0 spiro atoms. The summed E-state index contributed by atoms with van der Waals surface area (Å²) in [7, 11) is 0. The molecule has 0 heterocycles. The number of rotatable bonds is 3. The van der Waals surface area contributed by atoms with Gasteiger partial charge in [0.05, 0.1) is 0 Å². The van der Waals surface area contributed by atoms with Gasteiger partial charge in [-0.2, -0.15) is 4.79 Å². The monoisotopic (exact) mass is 284 g/mol. The molecule has 0 aromatic heterocycles. The van der Waals surface area contributed by atoms with E-state index in [1.807, 2.05) is 42.5 Å². The molecule has 1 aliphatic carbocycles. The van der Waals surface area contributed by atoms with Crippen LogP contribution in [0.15, 0.2) is 54.6 Å². The van der Waals surface area contributed by atoms with Gasteiger partial charge in [-0.15, -0.1) is 4.79 Å². The molecule has 6 heteroatoms. The van der Waals surface area contributed by atoms with E-state index in [-0.39, 0.29) is 10.5 Å². The first-order valence-corrected chi connectivity index (χ1v) is 6.83. The lowest BCUT2D eigenvalue weighted by Gasteiger charge is -2.06. The van der Waals surface area contributed by atoms with Crippen LogP contribution in [0.25, 0.3) is 11.1 Å². The zero-order valence-corrected chi connectivity index (χ0v) is 11.4. The minimum Gasteiger partial charge on any atom is -0.422 e. The zero-order chi connectivity index (χ0) is 14.2. The van der Waals surface area contributed by atoms with Gasteiger partial charge in [0, 0.05) is 17.8 Å². The van der Waals surface area contributed by atoms with Gasteiger partial charge in [-0.25, -0.2) is 0 Å². The molecular weight excluding hydrogens is 272 g/mol. The molecule has 0 aliphatic heterocycles. The van der Waals surface area contributed by atoms with Crippen molar-refractivity contribution < 1.29 is 14.3 Å². The van der Waals surface area contributed by atoms with Crippen molar-refractivity contribution >= 4 is 22.7 Å². The SMILES string of the molecule is [N-]=[N+]=C(OCc1ccccc1)SC1C=CC=CC1=[N+]=[N-]. The fourth-order valence-corrected chi connectivity index (χ4v) is 2.42. The van der Waals surface area contributed by atoms with Crippen molar-refractivity contribution in [2.24, 2.45) is 0 Å². The van der Waals surface area contributed by atoms with Crippen LogP contribution >= 0.6 is 11.8 Å². The predicted molar refractivity (Wildman–Crippen MR) is 78.1 cm³/mol. The average Bonchev–Trinajstić information content (AvgIpc) is 2.52. The van der Waals surface area contributed by atoms with Crippen LogP contribution in [0.4, 0.5) is 0 Å². The Kier molecular flexibility index (Phi) is 5.09. The minimum atomic E-state index is -0.244. The molecular formula is C14H12N4OS. The fourth-order valence-electron chi connectivity index (χ4n) is 1.62. The van der Waals surface area contributed by atoms with Crippen molar-refractivity contribution in [1.29, 1.82) is 0 Å². The summed E-state index contributed by atoms with van der Waals surface area (Å²) in [5.74, 6) is 0. The lowest BCUT2D eigenvalue weighted by molar-refractivity contribution is -0.0338. The molecule has 5 nitrogen and oxygen atoms in total. The highest BCUT2D eigenvalue weighted by Crippen LogP contribution is 2.19. The summed E-state index contributed by atoms with van der Waals surface area (Å²) in [6.45, 7) is 0.311. The number of ether oxygens (including phenoxy) is 1. The molecule has 1 aliphatic rings. The van der Waals surface area contributed by atoms with Crippen LogP contribution in [-0.4, -0.2) is 25.8 Å². The standard InChI is InChI=1S/C14H12N4OS/c15-17-12-8-4-5-9-13(12)20-14(18-16)19-10-11-6-2-1-3-7-11/h1-9,13H,10H2. The van der Waals surface area contributed by atoms with E-state index >= 15 is 0 Å². The summed E-state index contributed by atoms with van der Waals surface area (Å²) in [4.78, 5) is 6.33. The summed E-state index contributed by atoms with van der Waals surface area (Å²) in [5, 5.41) is -0.119. The molecule has 20 heavy (non-hydrogen) atoms. The first kappa shape index (κ1) is 14.0. The number of nitrogens with zero attached hydrogens (tertiary/aromatic N) is 4. The second kappa shape index (κ2) is 7.26. The van der Waals surface area contributed by atoms with E-state index in [4.69, 9.17) is 15.8 Å². The molecule has 1 atom stereocenters. The molecule has 0 amide bonds. The average molecular weight is 284 g/mol. The number of benzene rings is 1. The van der Waals surface area contributed by atoms with Gasteiger partial charge in [0.25, 0.3) is 0 Å².